The van der Waals surface area contributed by atoms with Gasteiger partial charge in [0.1, 0.15) is 0 Å². The second-order valence-electron chi connectivity index (χ2n) is 4.50. The zero-order valence-electron chi connectivity index (χ0n) is 10.4. The van der Waals surface area contributed by atoms with E-state index in [1.165, 1.54) is 56.9 Å². The number of rotatable bonds is 8. The average Bonchev–Trinajstić information content (AvgIpc) is 2.30. The summed E-state index contributed by atoms with van der Waals surface area (Å²) >= 11 is 4.47. The first-order chi connectivity index (χ1) is 7.84. The first-order valence-electron chi connectivity index (χ1n) is 6.61. The van der Waals surface area contributed by atoms with E-state index in [2.05, 4.69) is 43.8 Å². The fourth-order valence-corrected chi connectivity index (χ4v) is 2.27. The van der Waals surface area contributed by atoms with Gasteiger partial charge >= 0.3 is 0 Å². The summed E-state index contributed by atoms with van der Waals surface area (Å²) in [4.78, 5) is 1.15. The minimum absolute atomic E-state index is 1.15. The third-order valence-electron chi connectivity index (χ3n) is 3.04. The van der Waals surface area contributed by atoms with Gasteiger partial charge in [-0.25, -0.2) is 0 Å². The van der Waals surface area contributed by atoms with Gasteiger partial charge in [-0.3, -0.25) is 0 Å². The van der Waals surface area contributed by atoms with Crippen LogP contribution in [0, 0.1) is 0 Å². The predicted molar refractivity (Wildman–Crippen MR) is 75.4 cm³/mol. The van der Waals surface area contributed by atoms with Gasteiger partial charge < -0.3 is 0 Å². The lowest BCUT2D eigenvalue weighted by atomic mass is 10.0. The first kappa shape index (κ1) is 13.6. The molecule has 0 N–H and O–H groups in total. The summed E-state index contributed by atoms with van der Waals surface area (Å²) in [6, 6.07) is 8.44. The molecule has 16 heavy (non-hydrogen) atoms. The van der Waals surface area contributed by atoms with Crippen LogP contribution in [0.15, 0.2) is 29.2 Å². The molecule has 0 radical (unpaired) electrons. The van der Waals surface area contributed by atoms with E-state index in [1.54, 1.807) is 0 Å². The third kappa shape index (κ3) is 5.60. The Bertz CT molecular complexity index is 281. The van der Waals surface area contributed by atoms with Crippen LogP contribution in [-0.2, 0) is 6.42 Å². The van der Waals surface area contributed by atoms with Crippen molar-refractivity contribution in [3.05, 3.63) is 29.8 Å². The van der Waals surface area contributed by atoms with Crippen molar-refractivity contribution >= 4 is 12.6 Å². The number of benzene rings is 1. The van der Waals surface area contributed by atoms with Gasteiger partial charge in [0.05, 0.1) is 0 Å². The second-order valence-corrected chi connectivity index (χ2v) is 4.98. The van der Waals surface area contributed by atoms with Crippen LogP contribution in [0.5, 0.6) is 0 Å². The summed E-state index contributed by atoms with van der Waals surface area (Å²) < 4.78 is 0. The summed E-state index contributed by atoms with van der Waals surface area (Å²) in [7, 11) is 0. The quantitative estimate of drug-likeness (QED) is 0.461. The Labute approximate surface area is 106 Å². The van der Waals surface area contributed by atoms with Crippen LogP contribution in [0.2, 0.25) is 0 Å². The average molecular weight is 236 g/mol. The maximum absolute atomic E-state index is 4.47. The number of unbranched alkanes of at least 4 members (excludes halogenated alkanes) is 6. The Morgan fingerprint density at radius 3 is 2.19 bits per heavy atom. The molecular formula is C15H24S. The van der Waals surface area contributed by atoms with Crippen LogP contribution < -0.4 is 0 Å². The standard InChI is InChI=1S/C15H24S/c1-2-3-4-5-6-7-8-11-14-12-9-10-13-15(14)16/h9-10,12-13,16H,2-8,11H2,1H3. The van der Waals surface area contributed by atoms with Crippen LogP contribution in [0.1, 0.15) is 57.4 Å². The van der Waals surface area contributed by atoms with E-state index in [-0.39, 0.29) is 0 Å². The van der Waals surface area contributed by atoms with Crippen molar-refractivity contribution in [1.82, 2.24) is 0 Å². The van der Waals surface area contributed by atoms with E-state index in [4.69, 9.17) is 0 Å². The molecule has 0 heterocycles. The van der Waals surface area contributed by atoms with Gasteiger partial charge in [0, 0.05) is 4.90 Å². The molecule has 0 aliphatic carbocycles. The molecule has 0 nitrogen and oxygen atoms in total. The SMILES string of the molecule is CCCCCCCCCc1ccccc1S. The molecule has 0 atom stereocenters. The lowest BCUT2D eigenvalue weighted by Crippen LogP contribution is -1.87. The molecular weight excluding hydrogens is 212 g/mol. The van der Waals surface area contributed by atoms with Gasteiger partial charge in [0.2, 0.25) is 0 Å². The van der Waals surface area contributed by atoms with Crippen LogP contribution in [0.3, 0.4) is 0 Å². The van der Waals surface area contributed by atoms with Crippen molar-refractivity contribution in [3.63, 3.8) is 0 Å². The molecule has 1 aromatic carbocycles. The van der Waals surface area contributed by atoms with E-state index < -0.39 is 0 Å². The maximum Gasteiger partial charge on any atom is 0.00720 e. The van der Waals surface area contributed by atoms with Gasteiger partial charge in [-0.1, -0.05) is 63.6 Å². The molecule has 90 valence electrons. The minimum atomic E-state index is 1.15. The third-order valence-corrected chi connectivity index (χ3v) is 3.48. The van der Waals surface area contributed by atoms with Crippen LogP contribution in [-0.4, -0.2) is 0 Å². The molecule has 0 amide bonds. The molecule has 0 saturated carbocycles. The van der Waals surface area contributed by atoms with Gasteiger partial charge in [-0.2, -0.15) is 0 Å². The second kappa shape index (κ2) is 8.69. The Hall–Kier alpha value is -0.430. The number of aryl methyl sites for hydroxylation is 1. The van der Waals surface area contributed by atoms with Crippen molar-refractivity contribution in [2.75, 3.05) is 0 Å². The Kier molecular flexibility index (Phi) is 7.41. The summed E-state index contributed by atoms with van der Waals surface area (Å²) in [6.07, 6.45) is 10.8. The number of thiol groups is 1. The van der Waals surface area contributed by atoms with Gasteiger partial charge in [0.15, 0.2) is 0 Å². The zero-order chi connectivity index (χ0) is 11.6. The summed E-state index contributed by atoms with van der Waals surface area (Å²) in [5.41, 5.74) is 1.40. The van der Waals surface area contributed by atoms with Crippen molar-refractivity contribution < 1.29 is 0 Å². The molecule has 0 fully saturated rings. The summed E-state index contributed by atoms with van der Waals surface area (Å²) in [5, 5.41) is 0. The highest BCUT2D eigenvalue weighted by Crippen LogP contribution is 2.16. The van der Waals surface area contributed by atoms with E-state index in [9.17, 15) is 0 Å². The summed E-state index contributed by atoms with van der Waals surface area (Å²) in [5.74, 6) is 0. The number of hydrogen-bond donors (Lipinski definition) is 1. The molecule has 0 saturated heterocycles. The number of hydrogen-bond acceptors (Lipinski definition) is 1. The van der Waals surface area contributed by atoms with Gasteiger partial charge in [-0.05, 0) is 24.5 Å². The van der Waals surface area contributed by atoms with Crippen LogP contribution in [0.25, 0.3) is 0 Å². The molecule has 0 unspecified atom stereocenters. The van der Waals surface area contributed by atoms with E-state index in [0.717, 1.165) is 4.90 Å². The van der Waals surface area contributed by atoms with E-state index >= 15 is 0 Å². The normalized spacial score (nSPS) is 10.6. The zero-order valence-corrected chi connectivity index (χ0v) is 11.3. The molecule has 0 spiro atoms. The molecule has 1 rings (SSSR count). The fraction of sp³-hybridized carbons (Fsp3) is 0.600. The van der Waals surface area contributed by atoms with E-state index in [1.807, 2.05) is 0 Å². The molecule has 1 aromatic rings. The Morgan fingerprint density at radius 2 is 1.50 bits per heavy atom. The topological polar surface area (TPSA) is 0 Å². The lowest BCUT2D eigenvalue weighted by Gasteiger charge is -2.04. The highest BCUT2D eigenvalue weighted by Gasteiger charge is 1.97. The van der Waals surface area contributed by atoms with Crippen LogP contribution >= 0.6 is 12.6 Å². The Morgan fingerprint density at radius 1 is 0.875 bits per heavy atom. The predicted octanol–water partition coefficient (Wildman–Crippen LogP) is 5.27. The van der Waals surface area contributed by atoms with Gasteiger partial charge in [0.25, 0.3) is 0 Å². The van der Waals surface area contributed by atoms with Crippen molar-refractivity contribution in [1.29, 1.82) is 0 Å². The van der Waals surface area contributed by atoms with Crippen molar-refractivity contribution in [2.45, 2.75) is 63.2 Å². The maximum atomic E-state index is 4.47. The first-order valence-corrected chi connectivity index (χ1v) is 7.06. The Balaban J connectivity index is 2.05. The minimum Gasteiger partial charge on any atom is -0.143 e. The highest BCUT2D eigenvalue weighted by molar-refractivity contribution is 7.80. The molecule has 0 bridgehead atoms. The van der Waals surface area contributed by atoms with Crippen molar-refractivity contribution in [2.24, 2.45) is 0 Å². The van der Waals surface area contributed by atoms with Gasteiger partial charge in [-0.15, -0.1) is 12.6 Å². The summed E-state index contributed by atoms with van der Waals surface area (Å²) in [6.45, 7) is 2.27. The molecule has 0 aliphatic heterocycles. The molecule has 1 heteroatoms. The lowest BCUT2D eigenvalue weighted by molar-refractivity contribution is 0.588. The fourth-order valence-electron chi connectivity index (χ4n) is 1.99. The molecule has 0 aromatic heterocycles. The van der Waals surface area contributed by atoms with Crippen LogP contribution in [0.4, 0.5) is 0 Å². The van der Waals surface area contributed by atoms with E-state index in [0.29, 0.717) is 0 Å². The highest BCUT2D eigenvalue weighted by atomic mass is 32.1. The molecule has 0 aliphatic rings. The largest absolute Gasteiger partial charge is 0.143 e. The smallest absolute Gasteiger partial charge is 0.00720 e. The van der Waals surface area contributed by atoms with Crippen molar-refractivity contribution in [3.8, 4) is 0 Å². The monoisotopic (exact) mass is 236 g/mol.